The van der Waals surface area contributed by atoms with Crippen LogP contribution >= 0.6 is 0 Å². The van der Waals surface area contributed by atoms with Crippen LogP contribution in [0.3, 0.4) is 0 Å². The number of carboxylic acids is 1. The van der Waals surface area contributed by atoms with Crippen LogP contribution in [0.25, 0.3) is 0 Å². The summed E-state index contributed by atoms with van der Waals surface area (Å²) in [5, 5.41) is 8.90. The molecule has 0 spiro atoms. The lowest BCUT2D eigenvalue weighted by atomic mass is 9.95. The summed E-state index contributed by atoms with van der Waals surface area (Å²) >= 11 is 0. The van der Waals surface area contributed by atoms with Gasteiger partial charge in [0.2, 0.25) is 5.88 Å². The third-order valence-corrected chi connectivity index (χ3v) is 3.39. The van der Waals surface area contributed by atoms with E-state index in [1.165, 1.54) is 6.33 Å². The van der Waals surface area contributed by atoms with Crippen molar-refractivity contribution in [2.24, 2.45) is 5.92 Å². The second-order valence-electron chi connectivity index (χ2n) is 5.12. The van der Waals surface area contributed by atoms with Crippen LogP contribution in [0.1, 0.15) is 32.6 Å². The van der Waals surface area contributed by atoms with Crippen molar-refractivity contribution in [1.29, 1.82) is 0 Å². The Morgan fingerprint density at radius 3 is 3.15 bits per heavy atom. The van der Waals surface area contributed by atoms with Crippen molar-refractivity contribution in [3.63, 3.8) is 0 Å². The van der Waals surface area contributed by atoms with E-state index in [1.807, 2.05) is 13.0 Å². The minimum Gasteiger partial charge on any atom is -0.481 e. The molecule has 0 aliphatic carbocycles. The summed E-state index contributed by atoms with van der Waals surface area (Å²) in [6, 6.07) is 1.83. The minimum atomic E-state index is -0.730. The van der Waals surface area contributed by atoms with E-state index < -0.39 is 5.97 Å². The summed E-state index contributed by atoms with van der Waals surface area (Å²) in [6.45, 7) is 4.32. The quantitative estimate of drug-likeness (QED) is 0.858. The van der Waals surface area contributed by atoms with E-state index in [1.54, 1.807) is 0 Å². The highest BCUT2D eigenvalue weighted by Crippen LogP contribution is 2.25. The highest BCUT2D eigenvalue weighted by Gasteiger charge is 2.23. The molecule has 20 heavy (non-hydrogen) atoms. The SMILES string of the molecule is CCCOc1cc(N2CCCC(CC(=O)O)C2)ncn1. The molecule has 0 amide bonds. The third-order valence-electron chi connectivity index (χ3n) is 3.39. The molecule has 0 radical (unpaired) electrons. The number of ether oxygens (including phenoxy) is 1. The lowest BCUT2D eigenvalue weighted by Crippen LogP contribution is -2.36. The van der Waals surface area contributed by atoms with E-state index in [2.05, 4.69) is 14.9 Å². The molecule has 2 heterocycles. The molecule has 1 unspecified atom stereocenters. The van der Waals surface area contributed by atoms with Crippen LogP contribution in [-0.2, 0) is 4.79 Å². The zero-order chi connectivity index (χ0) is 14.4. The standard InChI is InChI=1S/C14H21N3O3/c1-2-6-20-13-8-12(15-10-16-13)17-5-3-4-11(9-17)7-14(18)19/h8,10-11H,2-7,9H2,1H3,(H,18,19). The molecule has 1 N–H and O–H groups in total. The first-order valence-corrected chi connectivity index (χ1v) is 7.10. The Morgan fingerprint density at radius 1 is 1.55 bits per heavy atom. The number of carbonyl (C=O) groups is 1. The zero-order valence-corrected chi connectivity index (χ0v) is 11.8. The molecule has 110 valence electrons. The fraction of sp³-hybridized carbons (Fsp3) is 0.643. The topological polar surface area (TPSA) is 75.5 Å². The number of piperidine rings is 1. The Labute approximate surface area is 118 Å². The van der Waals surface area contributed by atoms with Gasteiger partial charge in [-0.05, 0) is 25.2 Å². The predicted octanol–water partition coefficient (Wildman–Crippen LogP) is 1.96. The lowest BCUT2D eigenvalue weighted by Gasteiger charge is -2.32. The summed E-state index contributed by atoms with van der Waals surface area (Å²) < 4.78 is 5.51. The van der Waals surface area contributed by atoms with E-state index in [4.69, 9.17) is 9.84 Å². The maximum atomic E-state index is 10.8. The van der Waals surface area contributed by atoms with Gasteiger partial charge >= 0.3 is 5.97 Å². The van der Waals surface area contributed by atoms with Gasteiger partial charge in [-0.3, -0.25) is 4.79 Å². The van der Waals surface area contributed by atoms with Crippen LogP contribution < -0.4 is 9.64 Å². The Kier molecular flexibility index (Phi) is 5.15. The maximum absolute atomic E-state index is 10.8. The van der Waals surface area contributed by atoms with E-state index in [-0.39, 0.29) is 12.3 Å². The summed E-state index contributed by atoms with van der Waals surface area (Å²) in [5.41, 5.74) is 0. The van der Waals surface area contributed by atoms with Gasteiger partial charge in [0, 0.05) is 25.6 Å². The van der Waals surface area contributed by atoms with Crippen LogP contribution in [0.5, 0.6) is 5.88 Å². The smallest absolute Gasteiger partial charge is 0.303 e. The second-order valence-corrected chi connectivity index (χ2v) is 5.12. The lowest BCUT2D eigenvalue weighted by molar-refractivity contribution is -0.138. The van der Waals surface area contributed by atoms with Crippen molar-refractivity contribution in [2.45, 2.75) is 32.6 Å². The van der Waals surface area contributed by atoms with E-state index in [0.29, 0.717) is 12.5 Å². The molecule has 1 aromatic heterocycles. The van der Waals surface area contributed by atoms with Gasteiger partial charge in [0.15, 0.2) is 0 Å². The first-order valence-electron chi connectivity index (χ1n) is 7.10. The maximum Gasteiger partial charge on any atom is 0.303 e. The molecule has 1 aliphatic heterocycles. The highest BCUT2D eigenvalue weighted by atomic mass is 16.5. The van der Waals surface area contributed by atoms with Crippen LogP contribution in [0, 0.1) is 5.92 Å². The van der Waals surface area contributed by atoms with Crippen molar-refractivity contribution in [3.8, 4) is 5.88 Å². The van der Waals surface area contributed by atoms with E-state index in [9.17, 15) is 4.79 Å². The van der Waals surface area contributed by atoms with Gasteiger partial charge in [-0.25, -0.2) is 9.97 Å². The number of hydrogen-bond donors (Lipinski definition) is 1. The van der Waals surface area contributed by atoms with Gasteiger partial charge in [0.1, 0.15) is 12.1 Å². The van der Waals surface area contributed by atoms with Gasteiger partial charge in [-0.2, -0.15) is 0 Å². The van der Waals surface area contributed by atoms with Gasteiger partial charge in [-0.1, -0.05) is 6.92 Å². The summed E-state index contributed by atoms with van der Waals surface area (Å²) in [7, 11) is 0. The van der Waals surface area contributed by atoms with Crippen LogP contribution in [-0.4, -0.2) is 40.7 Å². The molecule has 0 aromatic carbocycles. The number of nitrogens with zero attached hydrogens (tertiary/aromatic N) is 3. The highest BCUT2D eigenvalue weighted by molar-refractivity contribution is 5.67. The largest absolute Gasteiger partial charge is 0.481 e. The Morgan fingerprint density at radius 2 is 2.40 bits per heavy atom. The second kappa shape index (κ2) is 7.07. The van der Waals surface area contributed by atoms with Gasteiger partial charge in [0.05, 0.1) is 6.61 Å². The third kappa shape index (κ3) is 4.08. The van der Waals surface area contributed by atoms with Crippen LogP contribution in [0.15, 0.2) is 12.4 Å². The number of carboxylic acid groups (broad SMARTS) is 1. The molecular weight excluding hydrogens is 258 g/mol. The Hall–Kier alpha value is -1.85. The molecule has 6 heteroatoms. The Balaban J connectivity index is 2.00. The molecule has 1 saturated heterocycles. The molecule has 1 aliphatic rings. The molecular formula is C14H21N3O3. The Bertz CT molecular complexity index is 453. The van der Waals surface area contributed by atoms with Crippen molar-refractivity contribution >= 4 is 11.8 Å². The molecule has 1 aromatic rings. The minimum absolute atomic E-state index is 0.191. The average molecular weight is 279 g/mol. The van der Waals surface area contributed by atoms with Gasteiger partial charge in [-0.15, -0.1) is 0 Å². The first-order chi connectivity index (χ1) is 9.69. The van der Waals surface area contributed by atoms with Crippen LogP contribution in [0.4, 0.5) is 5.82 Å². The van der Waals surface area contributed by atoms with Crippen molar-refractivity contribution in [3.05, 3.63) is 12.4 Å². The fourth-order valence-corrected chi connectivity index (χ4v) is 2.48. The molecule has 1 fully saturated rings. The van der Waals surface area contributed by atoms with Crippen molar-refractivity contribution < 1.29 is 14.6 Å². The average Bonchev–Trinajstić information content (AvgIpc) is 2.45. The number of anilines is 1. The zero-order valence-electron chi connectivity index (χ0n) is 11.8. The molecule has 2 rings (SSSR count). The normalized spacial score (nSPS) is 18.9. The summed E-state index contributed by atoms with van der Waals surface area (Å²) in [5.74, 6) is 0.862. The first kappa shape index (κ1) is 14.6. The van der Waals surface area contributed by atoms with Gasteiger partial charge in [0.25, 0.3) is 0 Å². The van der Waals surface area contributed by atoms with E-state index >= 15 is 0 Å². The van der Waals surface area contributed by atoms with Gasteiger partial charge < -0.3 is 14.7 Å². The number of rotatable bonds is 6. The molecule has 1 atom stereocenters. The number of aromatic nitrogens is 2. The summed E-state index contributed by atoms with van der Waals surface area (Å²) in [6.07, 6.45) is 4.62. The fourth-order valence-electron chi connectivity index (χ4n) is 2.48. The number of aliphatic carboxylic acids is 1. The van der Waals surface area contributed by atoms with Crippen molar-refractivity contribution in [2.75, 3.05) is 24.6 Å². The molecule has 0 bridgehead atoms. The van der Waals surface area contributed by atoms with Crippen LogP contribution in [0.2, 0.25) is 0 Å². The van der Waals surface area contributed by atoms with Crippen molar-refractivity contribution in [1.82, 2.24) is 9.97 Å². The van der Waals surface area contributed by atoms with E-state index in [0.717, 1.165) is 38.2 Å². The predicted molar refractivity (Wildman–Crippen MR) is 75.0 cm³/mol. The summed E-state index contributed by atoms with van der Waals surface area (Å²) in [4.78, 5) is 21.3. The number of hydrogen-bond acceptors (Lipinski definition) is 5. The molecule has 6 nitrogen and oxygen atoms in total. The monoisotopic (exact) mass is 279 g/mol. The molecule has 0 saturated carbocycles.